The number of aldehydes is 1. The average molecular weight is 237 g/mol. The van der Waals surface area contributed by atoms with Crippen molar-refractivity contribution in [2.24, 2.45) is 0 Å². The largest absolute Gasteiger partial charge is 0.298 e. The van der Waals surface area contributed by atoms with Crippen LogP contribution in [0.1, 0.15) is 21.7 Å². The van der Waals surface area contributed by atoms with Crippen LogP contribution in [0.4, 0.5) is 0 Å². The molecular weight excluding hydrogens is 228 g/mol. The zero-order valence-electron chi connectivity index (χ0n) is 8.81. The van der Waals surface area contributed by atoms with Gasteiger partial charge in [0.1, 0.15) is 0 Å². The summed E-state index contributed by atoms with van der Waals surface area (Å²) >= 11 is 5.64. The van der Waals surface area contributed by atoms with Crippen molar-refractivity contribution in [3.63, 3.8) is 0 Å². The van der Waals surface area contributed by atoms with E-state index >= 15 is 0 Å². The number of halogens is 1. The van der Waals surface area contributed by atoms with Gasteiger partial charge in [-0.05, 0) is 26.0 Å². The molecule has 0 aliphatic carbocycles. The van der Waals surface area contributed by atoms with E-state index < -0.39 is 0 Å². The number of hydrogen-bond acceptors (Lipinski definition) is 4. The van der Waals surface area contributed by atoms with E-state index in [-0.39, 0.29) is 0 Å². The second-order valence-corrected chi connectivity index (χ2v) is 3.72. The third kappa shape index (κ3) is 1.69. The summed E-state index contributed by atoms with van der Waals surface area (Å²) in [5.41, 5.74) is 1.99. The number of rotatable bonds is 2. The zero-order valence-corrected chi connectivity index (χ0v) is 9.56. The predicted octanol–water partition coefficient (Wildman–Crippen LogP) is 1.75. The third-order valence-corrected chi connectivity index (χ3v) is 2.50. The number of carbonyl (C=O) groups is 1. The SMILES string of the molecule is Cc1nn(-c2ccc(Cl)nn2)c(C)c1C=O. The smallest absolute Gasteiger partial charge is 0.176 e. The molecule has 0 aliphatic rings. The lowest BCUT2D eigenvalue weighted by molar-refractivity contribution is 0.112. The molecule has 2 rings (SSSR count). The second-order valence-electron chi connectivity index (χ2n) is 3.33. The average Bonchev–Trinajstić information content (AvgIpc) is 2.55. The van der Waals surface area contributed by atoms with Crippen molar-refractivity contribution in [3.05, 3.63) is 34.2 Å². The Labute approximate surface area is 97.1 Å². The number of aryl methyl sites for hydroxylation is 1. The van der Waals surface area contributed by atoms with E-state index in [0.717, 1.165) is 12.0 Å². The molecule has 0 atom stereocenters. The summed E-state index contributed by atoms with van der Waals surface area (Å²) in [6.07, 6.45) is 0.789. The number of aromatic nitrogens is 4. The summed E-state index contributed by atoms with van der Waals surface area (Å²) in [5, 5.41) is 12.2. The van der Waals surface area contributed by atoms with Gasteiger partial charge in [0, 0.05) is 0 Å². The van der Waals surface area contributed by atoms with Gasteiger partial charge in [-0.25, -0.2) is 4.68 Å². The van der Waals surface area contributed by atoms with Crippen LogP contribution in [0.2, 0.25) is 5.15 Å². The third-order valence-electron chi connectivity index (χ3n) is 2.30. The maximum absolute atomic E-state index is 10.8. The summed E-state index contributed by atoms with van der Waals surface area (Å²) in [4.78, 5) is 10.8. The molecule has 0 unspecified atom stereocenters. The molecule has 5 nitrogen and oxygen atoms in total. The first-order valence-electron chi connectivity index (χ1n) is 4.64. The van der Waals surface area contributed by atoms with Crippen molar-refractivity contribution < 1.29 is 4.79 Å². The van der Waals surface area contributed by atoms with Crippen molar-refractivity contribution in [2.75, 3.05) is 0 Å². The Hall–Kier alpha value is -1.75. The quantitative estimate of drug-likeness (QED) is 0.746. The number of hydrogen-bond donors (Lipinski definition) is 0. The molecule has 2 aromatic heterocycles. The molecule has 0 aromatic carbocycles. The fourth-order valence-corrected chi connectivity index (χ4v) is 1.57. The van der Waals surface area contributed by atoms with Crippen molar-refractivity contribution in [1.29, 1.82) is 0 Å². The lowest BCUT2D eigenvalue weighted by atomic mass is 10.2. The van der Waals surface area contributed by atoms with Crippen LogP contribution >= 0.6 is 11.6 Å². The molecule has 0 saturated heterocycles. The topological polar surface area (TPSA) is 60.7 Å². The van der Waals surface area contributed by atoms with Gasteiger partial charge in [0.05, 0.1) is 17.0 Å². The van der Waals surface area contributed by atoms with Gasteiger partial charge in [0.25, 0.3) is 0 Å². The monoisotopic (exact) mass is 236 g/mol. The number of carbonyl (C=O) groups excluding carboxylic acids is 1. The van der Waals surface area contributed by atoms with E-state index in [0.29, 0.717) is 22.2 Å². The lowest BCUT2D eigenvalue weighted by Gasteiger charge is -2.01. The van der Waals surface area contributed by atoms with E-state index in [4.69, 9.17) is 11.6 Å². The van der Waals surface area contributed by atoms with Crippen LogP contribution in [-0.2, 0) is 0 Å². The first-order valence-corrected chi connectivity index (χ1v) is 5.02. The Kier molecular flexibility index (Phi) is 2.70. The minimum absolute atomic E-state index is 0.320. The molecule has 0 N–H and O–H groups in total. The summed E-state index contributed by atoms with van der Waals surface area (Å²) in [6.45, 7) is 3.58. The molecule has 82 valence electrons. The van der Waals surface area contributed by atoms with E-state index in [2.05, 4.69) is 15.3 Å². The Morgan fingerprint density at radius 1 is 1.31 bits per heavy atom. The van der Waals surface area contributed by atoms with Gasteiger partial charge in [-0.15, -0.1) is 10.2 Å². The van der Waals surface area contributed by atoms with Gasteiger partial charge >= 0.3 is 0 Å². The summed E-state index contributed by atoms with van der Waals surface area (Å²) in [6, 6.07) is 3.32. The molecule has 2 aromatic rings. The van der Waals surface area contributed by atoms with Crippen LogP contribution in [0.3, 0.4) is 0 Å². The standard InChI is InChI=1S/C10H9ClN4O/c1-6-8(5-16)7(2)15(14-6)10-4-3-9(11)12-13-10/h3-5H,1-2H3. The number of nitrogens with zero attached hydrogens (tertiary/aromatic N) is 4. The summed E-state index contributed by atoms with van der Waals surface area (Å²) in [5.74, 6) is 0.540. The molecule has 0 spiro atoms. The molecule has 6 heteroatoms. The van der Waals surface area contributed by atoms with Crippen LogP contribution < -0.4 is 0 Å². The molecule has 0 fully saturated rings. The van der Waals surface area contributed by atoms with Gasteiger partial charge in [-0.3, -0.25) is 4.79 Å². The molecule has 0 amide bonds. The van der Waals surface area contributed by atoms with Gasteiger partial charge < -0.3 is 0 Å². The van der Waals surface area contributed by atoms with Gasteiger partial charge in [0.15, 0.2) is 17.3 Å². The van der Waals surface area contributed by atoms with Gasteiger partial charge in [-0.2, -0.15) is 5.10 Å². The van der Waals surface area contributed by atoms with Crippen LogP contribution in [0, 0.1) is 13.8 Å². The Bertz CT molecular complexity index is 532. The van der Waals surface area contributed by atoms with E-state index in [1.54, 1.807) is 30.7 Å². The molecular formula is C10H9ClN4O. The van der Waals surface area contributed by atoms with Crippen molar-refractivity contribution in [2.45, 2.75) is 13.8 Å². The Balaban J connectivity index is 2.56. The second kappa shape index (κ2) is 4.02. The highest BCUT2D eigenvalue weighted by Gasteiger charge is 2.12. The molecule has 0 bridgehead atoms. The zero-order chi connectivity index (χ0) is 11.7. The highest BCUT2D eigenvalue weighted by atomic mass is 35.5. The van der Waals surface area contributed by atoms with Gasteiger partial charge in [-0.1, -0.05) is 11.6 Å². The minimum atomic E-state index is 0.320. The normalized spacial score (nSPS) is 10.4. The van der Waals surface area contributed by atoms with Crippen LogP contribution in [-0.4, -0.2) is 26.3 Å². The maximum atomic E-state index is 10.8. The molecule has 0 radical (unpaired) electrons. The first kappa shape index (κ1) is 10.8. The predicted molar refractivity (Wildman–Crippen MR) is 59.0 cm³/mol. The Morgan fingerprint density at radius 2 is 2.06 bits per heavy atom. The minimum Gasteiger partial charge on any atom is -0.298 e. The molecule has 16 heavy (non-hydrogen) atoms. The fraction of sp³-hybridized carbons (Fsp3) is 0.200. The van der Waals surface area contributed by atoms with E-state index in [1.807, 2.05) is 0 Å². The highest BCUT2D eigenvalue weighted by molar-refractivity contribution is 6.29. The molecule has 2 heterocycles. The van der Waals surface area contributed by atoms with E-state index in [9.17, 15) is 4.79 Å². The summed E-state index contributed by atoms with van der Waals surface area (Å²) < 4.78 is 1.57. The van der Waals surface area contributed by atoms with Crippen LogP contribution in [0.5, 0.6) is 0 Å². The Morgan fingerprint density at radius 3 is 2.56 bits per heavy atom. The molecule has 0 aliphatic heterocycles. The van der Waals surface area contributed by atoms with Crippen molar-refractivity contribution in [1.82, 2.24) is 20.0 Å². The van der Waals surface area contributed by atoms with Gasteiger partial charge in [0.2, 0.25) is 0 Å². The molecule has 0 saturated carbocycles. The highest BCUT2D eigenvalue weighted by Crippen LogP contribution is 2.14. The summed E-state index contributed by atoms with van der Waals surface area (Å²) in [7, 11) is 0. The maximum Gasteiger partial charge on any atom is 0.176 e. The lowest BCUT2D eigenvalue weighted by Crippen LogP contribution is -2.03. The first-order chi connectivity index (χ1) is 7.63. The van der Waals surface area contributed by atoms with Crippen LogP contribution in [0.15, 0.2) is 12.1 Å². The van der Waals surface area contributed by atoms with Crippen molar-refractivity contribution in [3.8, 4) is 5.82 Å². The van der Waals surface area contributed by atoms with Crippen molar-refractivity contribution >= 4 is 17.9 Å². The fourth-order valence-electron chi connectivity index (χ4n) is 1.47. The van der Waals surface area contributed by atoms with Crippen LogP contribution in [0.25, 0.3) is 5.82 Å². The van der Waals surface area contributed by atoms with E-state index in [1.165, 1.54) is 0 Å².